The van der Waals surface area contributed by atoms with Crippen LogP contribution in [-0.4, -0.2) is 18.0 Å². The van der Waals surface area contributed by atoms with Crippen molar-refractivity contribution in [3.63, 3.8) is 0 Å². The lowest BCUT2D eigenvalue weighted by Gasteiger charge is -2.58. The van der Waals surface area contributed by atoms with Gasteiger partial charge in [-0.15, -0.1) is 0 Å². The predicted octanol–water partition coefficient (Wildman–Crippen LogP) is 7.14. The molecule has 1 amide bonds. The van der Waals surface area contributed by atoms with Crippen LogP contribution in [0.25, 0.3) is 0 Å². The van der Waals surface area contributed by atoms with Crippen LogP contribution >= 0.6 is 15.9 Å². The van der Waals surface area contributed by atoms with Gasteiger partial charge in [0, 0.05) is 17.3 Å². The van der Waals surface area contributed by atoms with Crippen LogP contribution in [0.4, 0.5) is 0 Å². The number of ether oxygens (including phenoxy) is 1. The highest BCUT2D eigenvalue weighted by molar-refractivity contribution is 9.10. The van der Waals surface area contributed by atoms with E-state index >= 15 is 0 Å². The maximum atomic E-state index is 13.6. The third kappa shape index (κ3) is 4.40. The summed E-state index contributed by atoms with van der Waals surface area (Å²) in [6.45, 7) is 8.49. The van der Waals surface area contributed by atoms with Gasteiger partial charge in [0.05, 0.1) is 6.04 Å². The van der Waals surface area contributed by atoms with Gasteiger partial charge < -0.3 is 10.1 Å². The van der Waals surface area contributed by atoms with Crippen LogP contribution in [0.1, 0.15) is 90.7 Å². The van der Waals surface area contributed by atoms with E-state index in [1.807, 2.05) is 12.1 Å². The quantitative estimate of drug-likeness (QED) is 0.325. The lowest BCUT2D eigenvalue weighted by molar-refractivity contribution is -0.146. The van der Waals surface area contributed by atoms with Gasteiger partial charge in [-0.2, -0.15) is 0 Å². The molecule has 3 saturated carbocycles. The first-order valence-corrected chi connectivity index (χ1v) is 14.4. The summed E-state index contributed by atoms with van der Waals surface area (Å²) in [5.41, 5.74) is 2.98. The van der Waals surface area contributed by atoms with Crippen molar-refractivity contribution in [1.82, 2.24) is 5.32 Å². The van der Waals surface area contributed by atoms with Gasteiger partial charge in [-0.1, -0.05) is 47.5 Å². The molecule has 5 heteroatoms. The number of nitrogens with one attached hydrogen (secondary N) is 1. The minimum atomic E-state index is -0.178. The Balaban J connectivity index is 1.30. The average Bonchev–Trinajstić information content (AvgIpc) is 3.16. The van der Waals surface area contributed by atoms with E-state index in [1.165, 1.54) is 31.8 Å². The predicted molar refractivity (Wildman–Crippen MR) is 141 cm³/mol. The lowest BCUT2D eigenvalue weighted by atomic mass is 9.47. The molecule has 1 aromatic carbocycles. The van der Waals surface area contributed by atoms with Crippen molar-refractivity contribution < 1.29 is 14.3 Å². The van der Waals surface area contributed by atoms with Gasteiger partial charge in [0.15, 0.2) is 0 Å². The van der Waals surface area contributed by atoms with E-state index in [0.717, 1.165) is 42.1 Å². The van der Waals surface area contributed by atoms with Gasteiger partial charge in [0.25, 0.3) is 0 Å². The molecule has 5 rings (SSSR count). The first kappa shape index (κ1) is 25.0. The second-order valence-corrected chi connectivity index (χ2v) is 13.1. The molecule has 0 aliphatic heterocycles. The Bertz CT molecular complexity index is 1020. The van der Waals surface area contributed by atoms with Crippen LogP contribution < -0.4 is 5.32 Å². The molecule has 0 saturated heterocycles. The van der Waals surface area contributed by atoms with Crippen LogP contribution in [0.3, 0.4) is 0 Å². The first-order valence-electron chi connectivity index (χ1n) is 13.6. The second-order valence-electron chi connectivity index (χ2n) is 12.2. The number of allylic oxidation sites excluding steroid dienone is 1. The molecule has 3 fully saturated rings. The molecule has 1 aromatic rings. The molecule has 0 bridgehead atoms. The van der Waals surface area contributed by atoms with Crippen molar-refractivity contribution in [3.8, 4) is 0 Å². The first-order chi connectivity index (χ1) is 16.6. The zero-order chi connectivity index (χ0) is 25.0. The van der Waals surface area contributed by atoms with E-state index < -0.39 is 0 Å². The van der Waals surface area contributed by atoms with Crippen molar-refractivity contribution in [2.45, 2.75) is 91.2 Å². The van der Waals surface area contributed by atoms with Crippen molar-refractivity contribution >= 4 is 27.8 Å². The second kappa shape index (κ2) is 9.36. The Kier molecular flexibility index (Phi) is 6.69. The molecular formula is C30H40BrNO3. The van der Waals surface area contributed by atoms with Crippen LogP contribution in [0.15, 0.2) is 40.4 Å². The van der Waals surface area contributed by atoms with Gasteiger partial charge in [-0.25, -0.2) is 0 Å². The molecule has 0 aromatic heterocycles. The fourth-order valence-electron chi connectivity index (χ4n) is 8.58. The largest absolute Gasteiger partial charge is 0.458 e. The average molecular weight is 543 g/mol. The zero-order valence-electron chi connectivity index (χ0n) is 21.6. The zero-order valence-corrected chi connectivity index (χ0v) is 23.2. The molecule has 0 heterocycles. The molecule has 4 aliphatic rings. The number of benzene rings is 1. The van der Waals surface area contributed by atoms with Gasteiger partial charge in [0.1, 0.15) is 6.10 Å². The van der Waals surface area contributed by atoms with Crippen molar-refractivity contribution in [1.29, 1.82) is 0 Å². The van der Waals surface area contributed by atoms with Crippen molar-refractivity contribution in [2.75, 3.05) is 0 Å². The lowest BCUT2D eigenvalue weighted by Crippen LogP contribution is -2.52. The highest BCUT2D eigenvalue weighted by atomic mass is 79.9. The van der Waals surface area contributed by atoms with E-state index in [-0.39, 0.29) is 40.8 Å². The van der Waals surface area contributed by atoms with E-state index in [0.29, 0.717) is 17.8 Å². The van der Waals surface area contributed by atoms with E-state index in [1.54, 1.807) is 0 Å². The summed E-state index contributed by atoms with van der Waals surface area (Å²) >= 11 is 3.50. The molecule has 190 valence electrons. The Hall–Kier alpha value is -1.62. The molecule has 0 spiro atoms. The number of hydrogen-bond donors (Lipinski definition) is 1. The Morgan fingerprint density at radius 2 is 1.77 bits per heavy atom. The number of rotatable bonds is 4. The molecule has 0 radical (unpaired) electrons. The van der Waals surface area contributed by atoms with Crippen molar-refractivity contribution in [2.24, 2.45) is 34.5 Å². The number of halogens is 1. The number of amides is 1. The summed E-state index contributed by atoms with van der Waals surface area (Å²) in [4.78, 5) is 25.1. The highest BCUT2D eigenvalue weighted by Crippen LogP contribution is 2.66. The fraction of sp³-hybridized carbons (Fsp3) is 0.667. The van der Waals surface area contributed by atoms with Crippen LogP contribution in [-0.2, 0) is 14.3 Å². The molecule has 4 nitrogen and oxygen atoms in total. The standard InChI is InChI=1S/C30H40BrNO3/c1-18(20-5-8-22(31)9-6-20)32-28(34)27-12-11-25-24-10-7-21-17-23(35-19(2)33)13-15-29(21,3)26(24)14-16-30(25,27)4/h5-6,8-9,17-18,23-27H,7,10-16H2,1-4H3,(H,32,34)/t18-,23-,24-,25-,26-,27+,29-,30-/m0/s1. The van der Waals surface area contributed by atoms with Gasteiger partial charge in [-0.05, 0) is 111 Å². The minimum absolute atomic E-state index is 0.0169. The van der Waals surface area contributed by atoms with Gasteiger partial charge in [0.2, 0.25) is 5.91 Å². The van der Waals surface area contributed by atoms with E-state index in [9.17, 15) is 9.59 Å². The summed E-state index contributed by atoms with van der Waals surface area (Å²) in [6.07, 6.45) is 11.1. The summed E-state index contributed by atoms with van der Waals surface area (Å²) in [7, 11) is 0. The Morgan fingerprint density at radius 3 is 2.49 bits per heavy atom. The highest BCUT2D eigenvalue weighted by Gasteiger charge is 2.60. The van der Waals surface area contributed by atoms with E-state index in [2.05, 4.69) is 60.2 Å². The maximum absolute atomic E-state index is 13.6. The topological polar surface area (TPSA) is 55.4 Å². The fourth-order valence-corrected chi connectivity index (χ4v) is 8.85. The minimum Gasteiger partial charge on any atom is -0.458 e. The van der Waals surface area contributed by atoms with Gasteiger partial charge >= 0.3 is 5.97 Å². The monoisotopic (exact) mass is 541 g/mol. The van der Waals surface area contributed by atoms with Crippen LogP contribution in [0, 0.1) is 34.5 Å². The number of carbonyl (C=O) groups excluding carboxylic acids is 2. The van der Waals surface area contributed by atoms with Gasteiger partial charge in [-0.3, -0.25) is 9.59 Å². The smallest absolute Gasteiger partial charge is 0.303 e. The van der Waals surface area contributed by atoms with Crippen molar-refractivity contribution in [3.05, 3.63) is 46.0 Å². The molecule has 35 heavy (non-hydrogen) atoms. The Labute approximate surface area is 218 Å². The normalized spacial score (nSPS) is 38.9. The number of hydrogen-bond acceptors (Lipinski definition) is 3. The molecule has 8 atom stereocenters. The molecule has 0 unspecified atom stereocenters. The van der Waals surface area contributed by atoms with Crippen LogP contribution in [0.5, 0.6) is 0 Å². The Morgan fingerprint density at radius 1 is 1.03 bits per heavy atom. The third-order valence-corrected chi connectivity index (χ3v) is 11.0. The SMILES string of the molecule is CC(=O)O[C@@H]1C=C2CC[C@H]3[C@@H]4CC[C@H](C(=O)N[C@@H](C)c5ccc(Br)cc5)[C@@]4(C)CC[C@@H]3[C@@]2(C)CC1. The number of esters is 1. The van der Waals surface area contributed by atoms with Crippen LogP contribution in [0.2, 0.25) is 0 Å². The maximum Gasteiger partial charge on any atom is 0.303 e. The summed E-state index contributed by atoms with van der Waals surface area (Å²) < 4.78 is 6.61. The summed E-state index contributed by atoms with van der Waals surface area (Å²) in [5, 5.41) is 3.36. The molecule has 1 N–H and O–H groups in total. The summed E-state index contributed by atoms with van der Waals surface area (Å²) in [6, 6.07) is 8.27. The number of carbonyl (C=O) groups is 2. The summed E-state index contributed by atoms with van der Waals surface area (Å²) in [5.74, 6) is 2.18. The number of fused-ring (bicyclic) bond motifs is 5. The molecular weight excluding hydrogens is 502 g/mol. The molecule has 4 aliphatic carbocycles. The third-order valence-electron chi connectivity index (χ3n) is 10.4. The van der Waals surface area contributed by atoms with E-state index in [4.69, 9.17) is 4.74 Å².